The summed E-state index contributed by atoms with van der Waals surface area (Å²) in [5, 5.41) is 7.25. The van der Waals surface area contributed by atoms with E-state index in [1.165, 1.54) is 11.9 Å². The molecule has 1 amide bonds. The first kappa shape index (κ1) is 20.9. The van der Waals surface area contributed by atoms with Gasteiger partial charge in [0.05, 0.1) is 33.1 Å². The molecule has 31 heavy (non-hydrogen) atoms. The number of benzene rings is 2. The molecule has 0 bridgehead atoms. The number of carbonyl (C=O) groups is 1. The number of methoxy groups -OCH3 is 3. The topological polar surface area (TPSA) is 73.2 Å². The Morgan fingerprint density at radius 3 is 2.45 bits per heavy atom. The number of ether oxygens (including phenoxy) is 3. The van der Waals surface area contributed by atoms with Crippen molar-refractivity contribution in [3.05, 3.63) is 58.7 Å². The summed E-state index contributed by atoms with van der Waals surface area (Å²) in [7, 11) is 4.76. The third-order valence-corrected chi connectivity index (χ3v) is 5.62. The van der Waals surface area contributed by atoms with Gasteiger partial charge in [-0.05, 0) is 30.3 Å². The van der Waals surface area contributed by atoms with Crippen molar-refractivity contribution >= 4 is 34.1 Å². The van der Waals surface area contributed by atoms with Gasteiger partial charge in [-0.25, -0.2) is 9.99 Å². The second-order valence-electron chi connectivity index (χ2n) is 7.10. The molecule has 0 fully saturated rings. The van der Waals surface area contributed by atoms with Gasteiger partial charge in [-0.15, -0.1) is 0 Å². The minimum Gasteiger partial charge on any atom is -0.494 e. The zero-order chi connectivity index (χ0) is 22.1. The lowest BCUT2D eigenvalue weighted by Gasteiger charge is -2.21. The summed E-state index contributed by atoms with van der Waals surface area (Å²) in [5.74, 6) is 1.68. The second kappa shape index (κ2) is 8.43. The molecular weight excluding hydrogens is 418 g/mol. The molecule has 0 N–H and O–H groups in total. The van der Waals surface area contributed by atoms with Gasteiger partial charge in [0.15, 0.2) is 11.5 Å². The maximum absolute atomic E-state index is 12.4. The Morgan fingerprint density at radius 1 is 1.03 bits per heavy atom. The molecule has 7 nitrogen and oxygen atoms in total. The van der Waals surface area contributed by atoms with E-state index in [1.807, 2.05) is 42.5 Å². The van der Waals surface area contributed by atoms with Crippen LogP contribution in [0.3, 0.4) is 0 Å². The average Bonchev–Trinajstić information content (AvgIpc) is 3.23. The molecule has 0 saturated heterocycles. The molecule has 1 aliphatic rings. The van der Waals surface area contributed by atoms with Crippen LogP contribution in [0.25, 0.3) is 10.9 Å². The van der Waals surface area contributed by atoms with Crippen molar-refractivity contribution in [3.8, 4) is 17.2 Å². The number of amides is 1. The molecule has 8 heteroatoms. The van der Waals surface area contributed by atoms with Crippen LogP contribution in [0.15, 0.2) is 47.6 Å². The fourth-order valence-electron chi connectivity index (χ4n) is 3.80. The number of hydrogen-bond acceptors (Lipinski definition) is 6. The van der Waals surface area contributed by atoms with Gasteiger partial charge in [0.25, 0.3) is 0 Å². The van der Waals surface area contributed by atoms with Crippen molar-refractivity contribution in [2.24, 2.45) is 5.10 Å². The summed E-state index contributed by atoms with van der Waals surface area (Å²) in [6.07, 6.45) is 0.492. The number of carbonyl (C=O) groups excluding carboxylic acids is 1. The van der Waals surface area contributed by atoms with E-state index in [9.17, 15) is 4.79 Å². The highest BCUT2D eigenvalue weighted by Gasteiger charge is 2.33. The number of halogens is 1. The summed E-state index contributed by atoms with van der Waals surface area (Å²) in [5.41, 5.74) is 3.00. The van der Waals surface area contributed by atoms with Gasteiger partial charge in [-0.1, -0.05) is 23.7 Å². The SMILES string of the molecule is COc1ccc(C2=NN(C(C)=O)C(c3cc4cccc(OC)c4nc3Cl)C2)cc1OC. The van der Waals surface area contributed by atoms with Gasteiger partial charge in [0.2, 0.25) is 5.91 Å². The summed E-state index contributed by atoms with van der Waals surface area (Å²) in [4.78, 5) is 16.9. The summed E-state index contributed by atoms with van der Waals surface area (Å²) in [6, 6.07) is 12.8. The number of hydrazone groups is 1. The predicted molar refractivity (Wildman–Crippen MR) is 119 cm³/mol. The van der Waals surface area contributed by atoms with Crippen LogP contribution in [0.1, 0.15) is 30.5 Å². The number of hydrogen-bond donors (Lipinski definition) is 0. The van der Waals surface area contributed by atoms with E-state index in [1.54, 1.807) is 21.3 Å². The standard InChI is InChI=1S/C23H22ClN3O4/c1-13(28)27-18(12-17(26-27)14-8-9-19(29-2)21(11-14)31-4)16-10-15-6-5-7-20(30-3)22(15)25-23(16)24/h5-11,18H,12H2,1-4H3. The minimum absolute atomic E-state index is 0.178. The van der Waals surface area contributed by atoms with Crippen LogP contribution in [-0.4, -0.2) is 42.9 Å². The maximum atomic E-state index is 12.4. The lowest BCUT2D eigenvalue weighted by Crippen LogP contribution is -2.24. The van der Waals surface area contributed by atoms with E-state index in [-0.39, 0.29) is 11.9 Å². The van der Waals surface area contributed by atoms with Crippen molar-refractivity contribution < 1.29 is 19.0 Å². The van der Waals surface area contributed by atoms with E-state index < -0.39 is 0 Å². The quantitative estimate of drug-likeness (QED) is 0.543. The number of nitrogens with zero attached hydrogens (tertiary/aromatic N) is 3. The molecule has 0 spiro atoms. The molecule has 3 aromatic rings. The first-order valence-corrected chi connectivity index (χ1v) is 10.1. The summed E-state index contributed by atoms with van der Waals surface area (Å²) < 4.78 is 16.1. The zero-order valence-corrected chi connectivity index (χ0v) is 18.4. The summed E-state index contributed by atoms with van der Waals surface area (Å²) in [6.45, 7) is 1.49. The maximum Gasteiger partial charge on any atom is 0.240 e. The van der Waals surface area contributed by atoms with Crippen LogP contribution in [0.4, 0.5) is 0 Å². The van der Waals surface area contributed by atoms with E-state index in [0.717, 1.165) is 22.2 Å². The van der Waals surface area contributed by atoms with Crippen LogP contribution in [0.2, 0.25) is 5.15 Å². The van der Waals surface area contributed by atoms with Crippen molar-refractivity contribution in [1.29, 1.82) is 0 Å². The van der Waals surface area contributed by atoms with Crippen LogP contribution in [0.5, 0.6) is 17.2 Å². The molecule has 1 aromatic heterocycles. The Hall–Kier alpha value is -3.32. The van der Waals surface area contributed by atoms with Gasteiger partial charge in [0, 0.05) is 29.9 Å². The fourth-order valence-corrected chi connectivity index (χ4v) is 4.06. The molecule has 0 radical (unpaired) electrons. The lowest BCUT2D eigenvalue weighted by molar-refractivity contribution is -0.130. The van der Waals surface area contributed by atoms with E-state index in [0.29, 0.717) is 34.3 Å². The van der Waals surface area contributed by atoms with E-state index in [4.69, 9.17) is 25.8 Å². The Bertz CT molecular complexity index is 1190. The molecule has 2 aromatic carbocycles. The lowest BCUT2D eigenvalue weighted by atomic mass is 9.98. The Kier molecular flexibility index (Phi) is 5.69. The van der Waals surface area contributed by atoms with Crippen molar-refractivity contribution in [3.63, 3.8) is 0 Å². The van der Waals surface area contributed by atoms with Crippen LogP contribution < -0.4 is 14.2 Å². The fraction of sp³-hybridized carbons (Fsp3) is 0.261. The molecule has 1 aliphatic heterocycles. The van der Waals surface area contributed by atoms with Crippen molar-refractivity contribution in [2.45, 2.75) is 19.4 Å². The van der Waals surface area contributed by atoms with Crippen LogP contribution in [0, 0.1) is 0 Å². The van der Waals surface area contributed by atoms with Gasteiger partial charge in [0.1, 0.15) is 16.4 Å². The Balaban J connectivity index is 1.75. The normalized spacial score (nSPS) is 15.7. The minimum atomic E-state index is -0.365. The van der Waals surface area contributed by atoms with E-state index >= 15 is 0 Å². The second-order valence-corrected chi connectivity index (χ2v) is 7.46. The number of aromatic nitrogens is 1. The van der Waals surface area contributed by atoms with Gasteiger partial charge in [-0.3, -0.25) is 4.79 Å². The third kappa shape index (κ3) is 3.77. The van der Waals surface area contributed by atoms with Gasteiger partial charge < -0.3 is 14.2 Å². The van der Waals surface area contributed by atoms with Crippen molar-refractivity contribution in [1.82, 2.24) is 9.99 Å². The first-order chi connectivity index (χ1) is 15.0. The Morgan fingerprint density at radius 2 is 1.77 bits per heavy atom. The number of pyridine rings is 1. The molecule has 0 aliphatic carbocycles. The molecule has 0 saturated carbocycles. The monoisotopic (exact) mass is 439 g/mol. The largest absolute Gasteiger partial charge is 0.494 e. The third-order valence-electron chi connectivity index (χ3n) is 5.32. The van der Waals surface area contributed by atoms with Crippen LogP contribution >= 0.6 is 11.6 Å². The number of fused-ring (bicyclic) bond motifs is 1. The highest BCUT2D eigenvalue weighted by Crippen LogP contribution is 2.39. The smallest absolute Gasteiger partial charge is 0.240 e. The molecule has 4 rings (SSSR count). The first-order valence-electron chi connectivity index (χ1n) is 9.69. The number of rotatable bonds is 5. The van der Waals surface area contributed by atoms with E-state index in [2.05, 4.69) is 10.1 Å². The van der Waals surface area contributed by atoms with Crippen molar-refractivity contribution in [2.75, 3.05) is 21.3 Å². The predicted octanol–water partition coefficient (Wildman–Crippen LogP) is 4.61. The molecule has 160 valence electrons. The molecule has 1 unspecified atom stereocenters. The molecule has 1 atom stereocenters. The number of para-hydroxylation sites is 1. The van der Waals surface area contributed by atoms with Gasteiger partial charge >= 0.3 is 0 Å². The molecule has 2 heterocycles. The zero-order valence-electron chi connectivity index (χ0n) is 17.7. The highest BCUT2D eigenvalue weighted by atomic mass is 35.5. The van der Waals surface area contributed by atoms with Gasteiger partial charge in [-0.2, -0.15) is 5.10 Å². The summed E-state index contributed by atoms with van der Waals surface area (Å²) >= 11 is 6.57. The average molecular weight is 440 g/mol. The van der Waals surface area contributed by atoms with Crippen LogP contribution in [-0.2, 0) is 4.79 Å². The highest BCUT2D eigenvalue weighted by molar-refractivity contribution is 6.30. The Labute approximate surface area is 185 Å². The molecular formula is C23H22ClN3O4.